The number of ether oxygens (including phenoxy) is 1. The number of amides is 1. The number of carbonyl (C=O) groups is 2. The Balaban J connectivity index is 1.94. The van der Waals surface area contributed by atoms with Crippen molar-refractivity contribution in [2.24, 2.45) is 5.92 Å². The maximum atomic E-state index is 13.0. The van der Waals surface area contributed by atoms with Gasteiger partial charge in [-0.25, -0.2) is 0 Å². The van der Waals surface area contributed by atoms with Crippen LogP contribution in [-0.2, 0) is 4.79 Å². The molecule has 27 heavy (non-hydrogen) atoms. The molecule has 0 spiro atoms. The highest BCUT2D eigenvalue weighted by molar-refractivity contribution is 5.99. The highest BCUT2D eigenvalue weighted by atomic mass is 16.6. The minimum absolute atomic E-state index is 0.0118. The van der Waals surface area contributed by atoms with Crippen LogP contribution < -0.4 is 4.74 Å². The summed E-state index contributed by atoms with van der Waals surface area (Å²) in [5.41, 5.74) is 0.369. The summed E-state index contributed by atoms with van der Waals surface area (Å²) in [6, 6.07) is 13.0. The van der Waals surface area contributed by atoms with E-state index in [0.717, 1.165) is 5.56 Å². The van der Waals surface area contributed by atoms with Crippen LogP contribution in [-0.4, -0.2) is 47.0 Å². The smallest absolute Gasteiger partial charge is 0.308 e. The first-order chi connectivity index (χ1) is 12.9. The molecule has 0 saturated carbocycles. The zero-order valence-electron chi connectivity index (χ0n) is 14.6. The number of carbonyl (C=O) groups excluding carboxylic acids is 1. The number of aliphatic carboxylic acids is 1. The number of hydrogen-bond acceptors (Lipinski definition) is 5. The fourth-order valence-electron chi connectivity index (χ4n) is 3.40. The minimum atomic E-state index is -1.00. The maximum absolute atomic E-state index is 13.0. The lowest BCUT2D eigenvalue weighted by Crippen LogP contribution is -2.30. The topological polar surface area (TPSA) is 110 Å². The summed E-state index contributed by atoms with van der Waals surface area (Å²) in [6.45, 7) is 0.163. The van der Waals surface area contributed by atoms with Crippen LogP contribution in [0, 0.1) is 16.0 Å². The molecular formula is C19H18N2O6. The SMILES string of the molecule is COc1ccc([N+](=O)[O-])c(C(=O)N2C[C@H](C(=O)O)[C@H](c3ccccc3)C2)c1. The molecule has 1 N–H and O–H groups in total. The van der Waals surface area contributed by atoms with Crippen LogP contribution in [0.4, 0.5) is 5.69 Å². The normalized spacial score (nSPS) is 18.9. The lowest BCUT2D eigenvalue weighted by molar-refractivity contribution is -0.385. The van der Waals surface area contributed by atoms with Crippen LogP contribution in [0.1, 0.15) is 21.8 Å². The number of hydrogen-bond donors (Lipinski definition) is 1. The van der Waals surface area contributed by atoms with E-state index in [1.165, 1.54) is 30.2 Å². The molecule has 140 valence electrons. The van der Waals surface area contributed by atoms with Gasteiger partial charge in [0, 0.05) is 25.1 Å². The van der Waals surface area contributed by atoms with Crippen LogP contribution in [0.15, 0.2) is 48.5 Å². The molecule has 2 aromatic rings. The second-order valence-electron chi connectivity index (χ2n) is 6.31. The number of rotatable bonds is 5. The third-order valence-corrected chi connectivity index (χ3v) is 4.78. The average molecular weight is 370 g/mol. The summed E-state index contributed by atoms with van der Waals surface area (Å²) in [6.07, 6.45) is 0. The highest BCUT2D eigenvalue weighted by Gasteiger charge is 2.41. The molecule has 1 aliphatic rings. The molecule has 8 nitrogen and oxygen atoms in total. The van der Waals surface area contributed by atoms with Gasteiger partial charge in [0.05, 0.1) is 18.0 Å². The van der Waals surface area contributed by atoms with Crippen molar-refractivity contribution < 1.29 is 24.4 Å². The number of nitrogens with zero attached hydrogens (tertiary/aromatic N) is 2. The van der Waals surface area contributed by atoms with Crippen LogP contribution in [0.2, 0.25) is 0 Å². The fourth-order valence-corrected chi connectivity index (χ4v) is 3.40. The predicted molar refractivity (Wildman–Crippen MR) is 95.9 cm³/mol. The van der Waals surface area contributed by atoms with E-state index in [1.807, 2.05) is 30.3 Å². The number of carboxylic acid groups (broad SMARTS) is 1. The van der Waals surface area contributed by atoms with Gasteiger partial charge >= 0.3 is 5.97 Å². The minimum Gasteiger partial charge on any atom is -0.497 e. The molecular weight excluding hydrogens is 352 g/mol. The Labute approximate surface area is 155 Å². The third-order valence-electron chi connectivity index (χ3n) is 4.78. The Bertz CT molecular complexity index is 883. The molecule has 1 fully saturated rings. The van der Waals surface area contributed by atoms with Crippen molar-refractivity contribution in [1.29, 1.82) is 0 Å². The average Bonchev–Trinajstić information content (AvgIpc) is 3.13. The van der Waals surface area contributed by atoms with E-state index >= 15 is 0 Å². The molecule has 1 saturated heterocycles. The number of nitro benzene ring substituents is 1. The van der Waals surface area contributed by atoms with E-state index in [-0.39, 0.29) is 30.3 Å². The summed E-state index contributed by atoms with van der Waals surface area (Å²) in [7, 11) is 1.40. The van der Waals surface area contributed by atoms with Crippen molar-refractivity contribution >= 4 is 17.6 Å². The van der Waals surface area contributed by atoms with Crippen molar-refractivity contribution in [2.45, 2.75) is 5.92 Å². The van der Waals surface area contributed by atoms with Gasteiger partial charge in [-0.2, -0.15) is 0 Å². The van der Waals surface area contributed by atoms with E-state index in [9.17, 15) is 24.8 Å². The third kappa shape index (κ3) is 3.59. The van der Waals surface area contributed by atoms with Gasteiger partial charge in [0.15, 0.2) is 0 Å². The zero-order chi connectivity index (χ0) is 19.6. The molecule has 0 aliphatic carbocycles. The number of carboxylic acids is 1. The Kier molecular flexibility index (Phi) is 5.07. The largest absolute Gasteiger partial charge is 0.497 e. The standard InChI is InChI=1S/C19H18N2O6/c1-27-13-7-8-17(21(25)26)14(9-13)18(22)20-10-15(16(11-20)19(23)24)12-5-3-2-4-6-12/h2-9,15-16H,10-11H2,1H3,(H,23,24)/t15-,16-/m0/s1. The fraction of sp³-hybridized carbons (Fsp3) is 0.263. The first-order valence-electron chi connectivity index (χ1n) is 8.31. The maximum Gasteiger partial charge on any atom is 0.308 e. The monoisotopic (exact) mass is 370 g/mol. The molecule has 0 aromatic heterocycles. The van der Waals surface area contributed by atoms with Crippen molar-refractivity contribution in [2.75, 3.05) is 20.2 Å². The quantitative estimate of drug-likeness (QED) is 0.640. The number of methoxy groups -OCH3 is 1. The van der Waals surface area contributed by atoms with Crippen LogP contribution >= 0.6 is 0 Å². The summed E-state index contributed by atoms with van der Waals surface area (Å²) >= 11 is 0. The van der Waals surface area contributed by atoms with Gasteiger partial charge < -0.3 is 14.7 Å². The van der Waals surface area contributed by atoms with Crippen molar-refractivity contribution in [1.82, 2.24) is 4.90 Å². The van der Waals surface area contributed by atoms with Gasteiger partial charge in [-0.1, -0.05) is 30.3 Å². The number of benzene rings is 2. The summed E-state index contributed by atoms with van der Waals surface area (Å²) < 4.78 is 5.06. The van der Waals surface area contributed by atoms with Gasteiger partial charge in [0.25, 0.3) is 11.6 Å². The summed E-state index contributed by atoms with van der Waals surface area (Å²) in [4.78, 5) is 36.7. The molecule has 3 rings (SSSR count). The zero-order valence-corrected chi connectivity index (χ0v) is 14.6. The Morgan fingerprint density at radius 3 is 2.48 bits per heavy atom. The van der Waals surface area contributed by atoms with E-state index in [2.05, 4.69) is 0 Å². The van der Waals surface area contributed by atoms with Crippen molar-refractivity contribution in [3.05, 3.63) is 69.8 Å². The predicted octanol–water partition coefficient (Wildman–Crippen LogP) is 2.54. The van der Waals surface area contributed by atoms with Crippen molar-refractivity contribution in [3.63, 3.8) is 0 Å². The van der Waals surface area contributed by atoms with Gasteiger partial charge in [-0.05, 0) is 17.7 Å². The lowest BCUT2D eigenvalue weighted by Gasteiger charge is -2.17. The van der Waals surface area contributed by atoms with E-state index in [4.69, 9.17) is 4.74 Å². The van der Waals surface area contributed by atoms with E-state index in [0.29, 0.717) is 5.75 Å². The van der Waals surface area contributed by atoms with Gasteiger partial charge in [-0.3, -0.25) is 19.7 Å². The lowest BCUT2D eigenvalue weighted by atomic mass is 9.89. The van der Waals surface area contributed by atoms with Crippen LogP contribution in [0.3, 0.4) is 0 Å². The van der Waals surface area contributed by atoms with Crippen molar-refractivity contribution in [3.8, 4) is 5.75 Å². The van der Waals surface area contributed by atoms with Gasteiger partial charge in [-0.15, -0.1) is 0 Å². The molecule has 0 bridgehead atoms. The molecule has 1 heterocycles. The van der Waals surface area contributed by atoms with Crippen LogP contribution in [0.25, 0.3) is 0 Å². The number of likely N-dealkylation sites (tertiary alicyclic amines) is 1. The second-order valence-corrected chi connectivity index (χ2v) is 6.31. The highest BCUT2D eigenvalue weighted by Crippen LogP contribution is 2.35. The Morgan fingerprint density at radius 1 is 1.19 bits per heavy atom. The molecule has 1 aliphatic heterocycles. The molecule has 0 radical (unpaired) electrons. The van der Waals surface area contributed by atoms with E-state index in [1.54, 1.807) is 0 Å². The molecule has 0 unspecified atom stereocenters. The molecule has 2 aromatic carbocycles. The summed E-state index contributed by atoms with van der Waals surface area (Å²) in [5, 5.41) is 20.9. The van der Waals surface area contributed by atoms with Gasteiger partial charge in [0.1, 0.15) is 11.3 Å². The number of nitro groups is 1. The molecule has 2 atom stereocenters. The first kappa shape index (κ1) is 18.4. The molecule has 8 heteroatoms. The Morgan fingerprint density at radius 2 is 1.89 bits per heavy atom. The van der Waals surface area contributed by atoms with E-state index < -0.39 is 22.7 Å². The van der Waals surface area contributed by atoms with Crippen LogP contribution in [0.5, 0.6) is 5.75 Å². The second kappa shape index (κ2) is 7.45. The summed E-state index contributed by atoms with van der Waals surface area (Å²) in [5.74, 6) is -2.42. The first-order valence-corrected chi connectivity index (χ1v) is 8.31. The Hall–Kier alpha value is -3.42. The molecule has 1 amide bonds. The van der Waals surface area contributed by atoms with Gasteiger partial charge in [0.2, 0.25) is 0 Å².